The molecule has 17 heavy (non-hydrogen) atoms. The van der Waals surface area contributed by atoms with E-state index in [9.17, 15) is 30.0 Å². The van der Waals surface area contributed by atoms with Crippen molar-refractivity contribution in [2.75, 3.05) is 11.5 Å². The molecule has 1 aliphatic rings. The van der Waals surface area contributed by atoms with Crippen molar-refractivity contribution in [2.24, 2.45) is 0 Å². The van der Waals surface area contributed by atoms with E-state index in [1.165, 1.54) is 0 Å². The molecule has 0 aromatic carbocycles. The molecule has 0 aromatic heterocycles. The van der Waals surface area contributed by atoms with E-state index < -0.39 is 50.1 Å². The van der Waals surface area contributed by atoms with Crippen molar-refractivity contribution < 1.29 is 38.4 Å². The number of halogens is 3. The Morgan fingerprint density at radius 1 is 1.00 bits per heavy atom. The third-order valence-electron chi connectivity index (χ3n) is 1.88. The van der Waals surface area contributed by atoms with Crippen LogP contribution in [0.15, 0.2) is 0 Å². The number of alkyl halides is 3. The first-order chi connectivity index (χ1) is 7.37. The number of hydrogen-bond acceptors (Lipinski definition) is 6. The van der Waals surface area contributed by atoms with E-state index in [0.717, 1.165) is 0 Å². The Bertz CT molecular complexity index is 454. The van der Waals surface area contributed by atoms with Crippen molar-refractivity contribution in [2.45, 2.75) is 25.3 Å². The Balaban J connectivity index is 3.23. The zero-order valence-corrected chi connectivity index (χ0v) is 10.2. The molecular formula is C6H9F3O6S2. The molecule has 0 atom stereocenters. The molecule has 0 radical (unpaired) electrons. The summed E-state index contributed by atoms with van der Waals surface area (Å²) in [7, 11) is -8.99. The Labute approximate surface area is 96.0 Å². The molecule has 1 saturated heterocycles. The van der Waals surface area contributed by atoms with Crippen molar-refractivity contribution in [1.82, 2.24) is 0 Å². The average molecular weight is 298 g/mol. The molecule has 0 amide bonds. The predicted molar refractivity (Wildman–Crippen MR) is 48.8 cm³/mol. The first kappa shape index (κ1) is 14.7. The molecule has 1 heterocycles. The topological polar surface area (TPSA) is 86.7 Å². The fourth-order valence-electron chi connectivity index (χ4n) is 1.09. The molecule has 0 unspecified atom stereocenters. The lowest BCUT2D eigenvalue weighted by atomic mass is 10.3. The van der Waals surface area contributed by atoms with Crippen molar-refractivity contribution in [3.05, 3.63) is 0 Å². The van der Waals surface area contributed by atoms with Crippen LogP contribution in [-0.4, -0.2) is 40.3 Å². The number of rotatable bonds is 0. The Morgan fingerprint density at radius 3 is 1.65 bits per heavy atom. The second-order valence-electron chi connectivity index (χ2n) is 3.49. The zero-order chi connectivity index (χ0) is 13.5. The van der Waals surface area contributed by atoms with E-state index in [-0.39, 0.29) is 6.92 Å². The Kier molecular flexibility index (Phi) is 3.51. The lowest BCUT2D eigenvalue weighted by Crippen LogP contribution is -2.51. The molecule has 6 nitrogen and oxygen atoms in total. The first-order valence-corrected chi connectivity index (χ1v) is 7.46. The van der Waals surface area contributed by atoms with Gasteiger partial charge in [-0.3, -0.25) is 0 Å². The van der Waals surface area contributed by atoms with Crippen molar-refractivity contribution >= 4 is 20.2 Å². The lowest BCUT2D eigenvalue weighted by molar-refractivity contribution is -0.311. The van der Waals surface area contributed by atoms with Gasteiger partial charge in [-0.25, -0.2) is 8.37 Å². The van der Waals surface area contributed by atoms with Gasteiger partial charge in [0, 0.05) is 6.92 Å². The minimum absolute atomic E-state index is 0.202. The van der Waals surface area contributed by atoms with Gasteiger partial charge in [-0.2, -0.15) is 30.0 Å². The highest BCUT2D eigenvalue weighted by Crippen LogP contribution is 2.38. The summed E-state index contributed by atoms with van der Waals surface area (Å²) < 4.78 is 89.7. The molecule has 0 N–H and O–H groups in total. The van der Waals surface area contributed by atoms with Gasteiger partial charge in [0.05, 0.1) is 11.5 Å². The second kappa shape index (κ2) is 4.07. The molecule has 0 spiro atoms. The monoisotopic (exact) mass is 298 g/mol. The van der Waals surface area contributed by atoms with Crippen LogP contribution >= 0.6 is 0 Å². The summed E-state index contributed by atoms with van der Waals surface area (Å²) in [5, 5.41) is 0. The molecule has 0 saturated carbocycles. The SMILES string of the molecule is CC1(C(F)(F)F)OS(=O)(=O)CCCS(=O)(=O)O1. The van der Waals surface area contributed by atoms with Crippen LogP contribution in [0.2, 0.25) is 0 Å². The zero-order valence-electron chi connectivity index (χ0n) is 8.52. The molecule has 1 aliphatic heterocycles. The van der Waals surface area contributed by atoms with E-state index >= 15 is 0 Å². The fraction of sp³-hybridized carbons (Fsp3) is 1.00. The van der Waals surface area contributed by atoms with Crippen molar-refractivity contribution in [1.29, 1.82) is 0 Å². The standard InChI is InChI=1S/C6H9F3O6S2/c1-5(6(7,8)9)14-16(10,11)3-2-4-17(12,13)15-5/h2-4H2,1H3. The quantitative estimate of drug-likeness (QED) is 0.600. The smallest absolute Gasteiger partial charge is 0.224 e. The molecule has 11 heteroatoms. The summed E-state index contributed by atoms with van der Waals surface area (Å²) in [5.41, 5.74) is 0. The van der Waals surface area contributed by atoms with E-state index in [2.05, 4.69) is 8.37 Å². The maximum atomic E-state index is 12.5. The molecule has 1 fully saturated rings. The van der Waals surface area contributed by atoms with Crippen LogP contribution in [0.5, 0.6) is 0 Å². The summed E-state index contributed by atoms with van der Waals surface area (Å²) in [4.78, 5) is 0. The maximum Gasteiger partial charge on any atom is 0.445 e. The average Bonchev–Trinajstić information content (AvgIpc) is 1.95. The normalized spacial score (nSPS) is 28.0. The number of hydrogen-bond donors (Lipinski definition) is 0. The van der Waals surface area contributed by atoms with Gasteiger partial charge in [-0.05, 0) is 6.42 Å². The van der Waals surface area contributed by atoms with Crippen LogP contribution in [-0.2, 0) is 28.6 Å². The van der Waals surface area contributed by atoms with Crippen LogP contribution in [0, 0.1) is 0 Å². The van der Waals surface area contributed by atoms with Gasteiger partial charge < -0.3 is 0 Å². The summed E-state index contributed by atoms with van der Waals surface area (Å²) in [5.74, 6) is -5.35. The molecule has 0 aliphatic carbocycles. The van der Waals surface area contributed by atoms with E-state index in [1.807, 2.05) is 0 Å². The van der Waals surface area contributed by atoms with Gasteiger partial charge in [-0.15, -0.1) is 0 Å². The van der Waals surface area contributed by atoms with Crippen LogP contribution < -0.4 is 0 Å². The van der Waals surface area contributed by atoms with E-state index in [0.29, 0.717) is 0 Å². The second-order valence-corrected chi connectivity index (χ2v) is 6.87. The van der Waals surface area contributed by atoms with Crippen LogP contribution in [0.25, 0.3) is 0 Å². The van der Waals surface area contributed by atoms with Gasteiger partial charge in [0.2, 0.25) is 0 Å². The van der Waals surface area contributed by atoms with Crippen molar-refractivity contribution in [3.8, 4) is 0 Å². The van der Waals surface area contributed by atoms with Crippen LogP contribution in [0.3, 0.4) is 0 Å². The van der Waals surface area contributed by atoms with Gasteiger partial charge >= 0.3 is 6.18 Å². The van der Waals surface area contributed by atoms with Gasteiger partial charge in [-0.1, -0.05) is 0 Å². The van der Waals surface area contributed by atoms with E-state index in [4.69, 9.17) is 0 Å². The Hall–Kier alpha value is -0.390. The fourth-order valence-corrected chi connectivity index (χ4v) is 3.70. The van der Waals surface area contributed by atoms with Gasteiger partial charge in [0.15, 0.2) is 0 Å². The maximum absolute atomic E-state index is 12.5. The predicted octanol–water partition coefficient (Wildman–Crippen LogP) is 0.361. The van der Waals surface area contributed by atoms with Crippen LogP contribution in [0.1, 0.15) is 13.3 Å². The molecule has 102 valence electrons. The van der Waals surface area contributed by atoms with E-state index in [1.54, 1.807) is 0 Å². The van der Waals surface area contributed by atoms with Gasteiger partial charge in [0.25, 0.3) is 26.0 Å². The minimum atomic E-state index is -5.30. The highest BCUT2D eigenvalue weighted by atomic mass is 32.2. The molecule has 1 rings (SSSR count). The largest absolute Gasteiger partial charge is 0.445 e. The summed E-state index contributed by atoms with van der Waals surface area (Å²) in [6.07, 6.45) is -5.69. The molecule has 0 aromatic rings. The molecular weight excluding hydrogens is 289 g/mol. The third-order valence-corrected chi connectivity index (χ3v) is 4.60. The minimum Gasteiger partial charge on any atom is -0.224 e. The summed E-state index contributed by atoms with van der Waals surface area (Å²) in [6.45, 7) is 0.202. The van der Waals surface area contributed by atoms with Gasteiger partial charge in [0.1, 0.15) is 0 Å². The lowest BCUT2D eigenvalue weighted by Gasteiger charge is -2.31. The summed E-state index contributed by atoms with van der Waals surface area (Å²) in [6, 6.07) is 0. The first-order valence-electron chi connectivity index (χ1n) is 4.30. The van der Waals surface area contributed by atoms with Crippen LogP contribution in [0.4, 0.5) is 13.2 Å². The highest BCUT2D eigenvalue weighted by molar-refractivity contribution is 7.88. The van der Waals surface area contributed by atoms with Crippen molar-refractivity contribution in [3.63, 3.8) is 0 Å². The third kappa shape index (κ3) is 3.53. The highest BCUT2D eigenvalue weighted by Gasteiger charge is 2.60. The summed E-state index contributed by atoms with van der Waals surface area (Å²) >= 11 is 0. The molecule has 0 bridgehead atoms. The Morgan fingerprint density at radius 2 is 1.35 bits per heavy atom.